The van der Waals surface area contributed by atoms with Gasteiger partial charge in [-0.05, 0) is 48.9 Å². The number of ether oxygens (including phenoxy) is 1. The molecule has 0 bridgehead atoms. The number of halogens is 1. The van der Waals surface area contributed by atoms with Crippen LogP contribution < -0.4 is 4.90 Å². The molecule has 3 aromatic heterocycles. The number of hydrogen-bond donors (Lipinski definition) is 0. The van der Waals surface area contributed by atoms with Gasteiger partial charge in [-0.1, -0.05) is 37.3 Å². The molecular formula is C25H31ClN6O2Si. The van der Waals surface area contributed by atoms with Gasteiger partial charge in [-0.25, -0.2) is 9.67 Å². The van der Waals surface area contributed by atoms with Crippen molar-refractivity contribution in [2.45, 2.75) is 58.2 Å². The van der Waals surface area contributed by atoms with Crippen LogP contribution in [-0.2, 0) is 22.7 Å². The molecule has 1 saturated carbocycles. The van der Waals surface area contributed by atoms with E-state index >= 15 is 0 Å². The molecule has 5 rings (SSSR count). The smallest absolute Gasteiger partial charge is 0.232 e. The van der Waals surface area contributed by atoms with E-state index in [1.807, 2.05) is 34.7 Å². The average molecular weight is 511 g/mol. The first-order valence-corrected chi connectivity index (χ1v) is 16.2. The second-order valence-electron chi connectivity index (χ2n) is 10.8. The topological polar surface area (TPSA) is 86.0 Å². The zero-order valence-corrected chi connectivity index (χ0v) is 22.4. The molecule has 1 amide bonds. The summed E-state index contributed by atoms with van der Waals surface area (Å²) >= 11 is 6.10. The van der Waals surface area contributed by atoms with Crippen LogP contribution in [0.1, 0.15) is 17.5 Å². The molecule has 0 unspecified atom stereocenters. The van der Waals surface area contributed by atoms with Crippen LogP contribution in [0.2, 0.25) is 30.8 Å². The highest BCUT2D eigenvalue weighted by molar-refractivity contribution is 6.76. The molecule has 3 aromatic rings. The van der Waals surface area contributed by atoms with Gasteiger partial charge in [0, 0.05) is 44.5 Å². The van der Waals surface area contributed by atoms with Gasteiger partial charge in [-0.2, -0.15) is 15.3 Å². The summed E-state index contributed by atoms with van der Waals surface area (Å²) in [5, 5.41) is 13.2. The minimum Gasteiger partial charge on any atom is -0.359 e. The first-order valence-electron chi connectivity index (χ1n) is 12.1. The minimum atomic E-state index is -1.20. The number of carbonyl (C=O) groups excluding carboxylic acids is 1. The van der Waals surface area contributed by atoms with Gasteiger partial charge in [0.1, 0.15) is 17.7 Å². The highest BCUT2D eigenvalue weighted by Crippen LogP contribution is 2.52. The van der Waals surface area contributed by atoms with E-state index in [9.17, 15) is 4.79 Å². The molecule has 0 aromatic carbocycles. The maximum absolute atomic E-state index is 13.6. The maximum Gasteiger partial charge on any atom is 0.232 e. The first-order chi connectivity index (χ1) is 16.7. The highest BCUT2D eigenvalue weighted by atomic mass is 35.5. The summed E-state index contributed by atoms with van der Waals surface area (Å²) in [6.45, 7) is 9.93. The van der Waals surface area contributed by atoms with E-state index in [-0.39, 0.29) is 17.9 Å². The minimum absolute atomic E-state index is 0.0652. The largest absolute Gasteiger partial charge is 0.359 e. The average Bonchev–Trinajstić information content (AvgIpc) is 3.40. The van der Waals surface area contributed by atoms with Crippen molar-refractivity contribution < 1.29 is 9.53 Å². The van der Waals surface area contributed by atoms with Gasteiger partial charge in [0.25, 0.3) is 0 Å². The van der Waals surface area contributed by atoms with Crippen LogP contribution in [-0.4, -0.2) is 51.6 Å². The molecule has 10 heteroatoms. The summed E-state index contributed by atoms with van der Waals surface area (Å²) in [6, 6.07) is 7.17. The summed E-state index contributed by atoms with van der Waals surface area (Å²) in [5.74, 6) is 1.21. The summed E-state index contributed by atoms with van der Waals surface area (Å²) in [6.07, 6.45) is 6.79. The Morgan fingerprint density at radius 1 is 1.20 bits per heavy atom. The number of nitrogens with zero attached hydrogens (tertiary/aromatic N) is 6. The first kappa shape index (κ1) is 24.1. The van der Waals surface area contributed by atoms with Crippen LogP contribution in [0.4, 0.5) is 5.82 Å². The Balaban J connectivity index is 1.39. The maximum atomic E-state index is 13.6. The Bertz CT molecular complexity index is 1230. The number of pyridine rings is 1. The zero-order valence-electron chi connectivity index (χ0n) is 20.6. The number of carbonyl (C=O) groups is 1. The molecule has 4 heterocycles. The number of amides is 1. The van der Waals surface area contributed by atoms with Gasteiger partial charge in [-0.15, -0.1) is 0 Å². The lowest BCUT2D eigenvalue weighted by atomic mass is 9.96. The number of fused-ring (bicyclic) bond motifs is 1. The molecule has 8 nitrogen and oxygen atoms in total. The fourth-order valence-corrected chi connectivity index (χ4v) is 5.63. The number of rotatable bonds is 9. The molecule has 1 saturated heterocycles. The number of aromatic nitrogens is 5. The van der Waals surface area contributed by atoms with E-state index < -0.39 is 8.07 Å². The van der Waals surface area contributed by atoms with Crippen molar-refractivity contribution in [1.82, 2.24) is 25.0 Å². The summed E-state index contributed by atoms with van der Waals surface area (Å²) in [4.78, 5) is 19.9. The van der Waals surface area contributed by atoms with Crippen molar-refractivity contribution in [1.29, 1.82) is 0 Å². The van der Waals surface area contributed by atoms with Gasteiger partial charge >= 0.3 is 0 Å². The lowest BCUT2D eigenvalue weighted by Crippen LogP contribution is -2.34. The van der Waals surface area contributed by atoms with E-state index in [0.717, 1.165) is 40.7 Å². The van der Waals surface area contributed by atoms with Gasteiger partial charge in [0.15, 0.2) is 0 Å². The molecule has 1 aliphatic heterocycles. The second kappa shape index (κ2) is 9.44. The summed E-state index contributed by atoms with van der Waals surface area (Å²) in [5.41, 5.74) is 3.60. The molecule has 3 atom stereocenters. The van der Waals surface area contributed by atoms with E-state index in [1.54, 1.807) is 18.6 Å². The van der Waals surface area contributed by atoms with Gasteiger partial charge < -0.3 is 4.74 Å². The van der Waals surface area contributed by atoms with Crippen molar-refractivity contribution in [3.63, 3.8) is 0 Å². The summed E-state index contributed by atoms with van der Waals surface area (Å²) < 4.78 is 7.85. The van der Waals surface area contributed by atoms with Crippen molar-refractivity contribution >= 4 is 31.4 Å². The van der Waals surface area contributed by atoms with E-state index in [2.05, 4.69) is 34.8 Å². The molecule has 1 aliphatic carbocycles. The molecule has 0 N–H and O–H groups in total. The Labute approximate surface area is 211 Å². The molecule has 2 aliphatic rings. The third-order valence-corrected chi connectivity index (χ3v) is 8.93. The van der Waals surface area contributed by atoms with E-state index in [0.29, 0.717) is 30.8 Å². The van der Waals surface area contributed by atoms with Crippen molar-refractivity contribution in [2.75, 3.05) is 11.5 Å². The van der Waals surface area contributed by atoms with Crippen molar-refractivity contribution in [2.24, 2.45) is 11.8 Å². The van der Waals surface area contributed by atoms with Crippen LogP contribution in [0.3, 0.4) is 0 Å². The Kier molecular flexibility index (Phi) is 6.50. The fraction of sp³-hybridized carbons (Fsp3) is 0.480. The molecule has 0 radical (unpaired) electrons. The zero-order chi connectivity index (χ0) is 24.7. The SMILES string of the molecule is Cc1cc(C[C@H]2C(=O)N(c3cc(-c4ccnnc4)nn3COCC[Si](C)(C)C)[C@H]3C[C@@H]23)cnc1Cl. The molecule has 184 valence electrons. The lowest BCUT2D eigenvalue weighted by molar-refractivity contribution is -0.121. The predicted octanol–water partition coefficient (Wildman–Crippen LogP) is 4.60. The van der Waals surface area contributed by atoms with E-state index in [4.69, 9.17) is 21.4 Å². The molecule has 35 heavy (non-hydrogen) atoms. The number of anilines is 1. The van der Waals surface area contributed by atoms with E-state index in [1.165, 1.54) is 0 Å². The Morgan fingerprint density at radius 2 is 2.03 bits per heavy atom. The van der Waals surface area contributed by atoms with Gasteiger partial charge in [-0.3, -0.25) is 9.69 Å². The van der Waals surface area contributed by atoms with Crippen molar-refractivity contribution in [3.05, 3.63) is 53.1 Å². The second-order valence-corrected chi connectivity index (χ2v) is 16.8. The Hall–Kier alpha value is -2.62. The number of piperidine rings is 1. The van der Waals surface area contributed by atoms with Gasteiger partial charge in [0.2, 0.25) is 5.91 Å². The van der Waals surface area contributed by atoms with Crippen LogP contribution in [0, 0.1) is 18.8 Å². The monoisotopic (exact) mass is 510 g/mol. The normalized spacial score (nSPS) is 21.5. The van der Waals surface area contributed by atoms with Gasteiger partial charge in [0.05, 0.1) is 18.1 Å². The van der Waals surface area contributed by atoms with Crippen LogP contribution in [0.15, 0.2) is 36.8 Å². The summed E-state index contributed by atoms with van der Waals surface area (Å²) in [7, 11) is -1.20. The number of hydrogen-bond acceptors (Lipinski definition) is 6. The lowest BCUT2D eigenvalue weighted by Gasteiger charge is -2.22. The standard InChI is InChI=1S/C25H31ClN6O2Si/c1-16-9-17(13-27-24(16)26)10-20-19-11-22(19)32(25(20)33)23-12-21(18-5-6-28-29-14-18)30-31(23)15-34-7-8-35(2,3)4/h5-6,9,12-14,19-20,22H,7-8,10-11,15H2,1-4H3/t19-,20+,22-/m0/s1. The quantitative estimate of drug-likeness (QED) is 0.237. The number of aryl methyl sites for hydroxylation is 1. The molecular weight excluding hydrogens is 480 g/mol. The fourth-order valence-electron chi connectivity index (χ4n) is 4.77. The van der Waals surface area contributed by atoms with Crippen LogP contribution >= 0.6 is 11.6 Å². The van der Waals surface area contributed by atoms with Crippen molar-refractivity contribution in [3.8, 4) is 11.3 Å². The Morgan fingerprint density at radius 3 is 2.74 bits per heavy atom. The predicted molar refractivity (Wildman–Crippen MR) is 138 cm³/mol. The highest BCUT2D eigenvalue weighted by Gasteiger charge is 2.59. The molecule has 2 fully saturated rings. The third kappa shape index (κ3) is 5.17. The van der Waals surface area contributed by atoms with Crippen LogP contribution in [0.5, 0.6) is 0 Å². The molecule has 0 spiro atoms. The van der Waals surface area contributed by atoms with Crippen LogP contribution in [0.25, 0.3) is 11.3 Å². The third-order valence-electron chi connectivity index (χ3n) is 6.83.